The summed E-state index contributed by atoms with van der Waals surface area (Å²) >= 11 is 2.72. The quantitative estimate of drug-likeness (QED) is 0.614. The van der Waals surface area contributed by atoms with Gasteiger partial charge in [-0.15, -0.1) is 0 Å². The van der Waals surface area contributed by atoms with E-state index < -0.39 is 29.4 Å². The number of nitrogens with two attached hydrogens (primary N) is 1. The molecule has 0 aliphatic carbocycles. The first kappa shape index (κ1) is 12.2. The number of rotatable bonds is 1. The Morgan fingerprint density at radius 1 is 1.20 bits per heavy atom. The first-order valence-electron chi connectivity index (χ1n) is 3.67. The molecule has 1 rings (SSSR count). The van der Waals surface area contributed by atoms with Gasteiger partial charge in [0.05, 0.1) is 11.3 Å². The molecule has 1 aromatic rings. The molecule has 2 N–H and O–H groups in total. The van der Waals surface area contributed by atoms with Crippen molar-refractivity contribution < 1.29 is 22.0 Å². The van der Waals surface area contributed by atoms with Crippen LogP contribution >= 0.6 is 15.9 Å². The number of halogens is 6. The molecule has 0 unspecified atom stereocenters. The first-order valence-corrected chi connectivity index (χ1v) is 4.47. The van der Waals surface area contributed by atoms with Gasteiger partial charge in [-0.25, -0.2) is 8.78 Å². The van der Waals surface area contributed by atoms with Crippen LogP contribution in [0.4, 0.5) is 27.6 Å². The third-order valence-electron chi connectivity index (χ3n) is 1.72. The fourth-order valence-corrected chi connectivity index (χ4v) is 1.53. The number of hydrogen-bond acceptors (Lipinski definition) is 1. The summed E-state index contributed by atoms with van der Waals surface area (Å²) < 4.78 is 61.5. The number of nitrogen functional groups attached to an aromatic ring is 1. The average Bonchev–Trinajstić information content (AvgIpc) is 2.06. The van der Waals surface area contributed by atoms with Crippen molar-refractivity contribution in [2.45, 2.75) is 12.6 Å². The number of hydrogen-bond donors (Lipinski definition) is 1. The molecule has 1 nitrogen and oxygen atoms in total. The maximum absolute atomic E-state index is 12.3. The SMILES string of the molecule is Nc1c(C(F)F)cc(Br)cc1C(F)(F)F. The van der Waals surface area contributed by atoms with Crippen molar-refractivity contribution in [3.8, 4) is 0 Å². The van der Waals surface area contributed by atoms with Gasteiger partial charge in [0.15, 0.2) is 0 Å². The predicted octanol–water partition coefficient (Wildman–Crippen LogP) is 3.99. The number of alkyl halides is 5. The van der Waals surface area contributed by atoms with Gasteiger partial charge in [-0.3, -0.25) is 0 Å². The molecule has 0 saturated heterocycles. The summed E-state index contributed by atoms with van der Waals surface area (Å²) in [4.78, 5) is 0. The largest absolute Gasteiger partial charge is 0.418 e. The summed E-state index contributed by atoms with van der Waals surface area (Å²) in [6.07, 6.45) is -7.78. The van der Waals surface area contributed by atoms with Crippen LogP contribution < -0.4 is 5.73 Å². The monoisotopic (exact) mass is 289 g/mol. The van der Waals surface area contributed by atoms with Gasteiger partial charge < -0.3 is 5.73 Å². The number of benzene rings is 1. The van der Waals surface area contributed by atoms with Crippen molar-refractivity contribution in [3.63, 3.8) is 0 Å². The highest BCUT2D eigenvalue weighted by Crippen LogP contribution is 2.39. The topological polar surface area (TPSA) is 26.0 Å². The van der Waals surface area contributed by atoms with Crippen LogP contribution in [0.25, 0.3) is 0 Å². The van der Waals surface area contributed by atoms with E-state index in [-0.39, 0.29) is 4.47 Å². The van der Waals surface area contributed by atoms with Gasteiger partial charge in [0.2, 0.25) is 0 Å². The Bertz CT molecular complexity index is 374. The molecule has 15 heavy (non-hydrogen) atoms. The lowest BCUT2D eigenvalue weighted by Gasteiger charge is -2.13. The fraction of sp³-hybridized carbons (Fsp3) is 0.250. The molecule has 0 radical (unpaired) electrons. The zero-order valence-corrected chi connectivity index (χ0v) is 8.66. The molecule has 0 aliphatic heterocycles. The fourth-order valence-electron chi connectivity index (χ4n) is 1.05. The van der Waals surface area contributed by atoms with E-state index in [0.29, 0.717) is 6.07 Å². The van der Waals surface area contributed by atoms with Gasteiger partial charge in [0.25, 0.3) is 6.43 Å². The van der Waals surface area contributed by atoms with Gasteiger partial charge >= 0.3 is 6.18 Å². The third-order valence-corrected chi connectivity index (χ3v) is 2.18. The normalized spacial score (nSPS) is 12.2. The summed E-state index contributed by atoms with van der Waals surface area (Å²) in [6.45, 7) is 0. The third kappa shape index (κ3) is 2.58. The summed E-state index contributed by atoms with van der Waals surface area (Å²) in [6, 6.07) is 1.54. The predicted molar refractivity (Wildman–Crippen MR) is 48.5 cm³/mol. The van der Waals surface area contributed by atoms with Crippen LogP contribution in [-0.2, 0) is 6.18 Å². The molecule has 0 amide bonds. The van der Waals surface area contributed by atoms with Crippen molar-refractivity contribution >= 4 is 21.6 Å². The van der Waals surface area contributed by atoms with Crippen molar-refractivity contribution in [3.05, 3.63) is 27.7 Å². The van der Waals surface area contributed by atoms with E-state index in [2.05, 4.69) is 15.9 Å². The second-order valence-corrected chi connectivity index (χ2v) is 3.67. The molecule has 0 heterocycles. The smallest absolute Gasteiger partial charge is 0.398 e. The zero-order chi connectivity index (χ0) is 11.8. The number of anilines is 1. The van der Waals surface area contributed by atoms with E-state index in [0.717, 1.165) is 6.07 Å². The summed E-state index contributed by atoms with van der Waals surface area (Å²) in [7, 11) is 0. The molecule has 0 atom stereocenters. The van der Waals surface area contributed by atoms with Crippen LogP contribution in [0.2, 0.25) is 0 Å². The Balaban J connectivity index is 3.42. The van der Waals surface area contributed by atoms with Crippen LogP contribution in [-0.4, -0.2) is 0 Å². The standard InChI is InChI=1S/C8H5BrF5N/c9-3-1-4(7(10)11)6(15)5(2-3)8(12,13)14/h1-2,7H,15H2. The van der Waals surface area contributed by atoms with Gasteiger partial charge in [-0.2, -0.15) is 13.2 Å². The molecule has 0 fully saturated rings. The van der Waals surface area contributed by atoms with E-state index in [4.69, 9.17) is 5.73 Å². The summed E-state index contributed by atoms with van der Waals surface area (Å²) in [5.74, 6) is 0. The highest BCUT2D eigenvalue weighted by Gasteiger charge is 2.35. The molecular weight excluding hydrogens is 285 g/mol. The van der Waals surface area contributed by atoms with E-state index >= 15 is 0 Å². The van der Waals surface area contributed by atoms with Crippen molar-refractivity contribution in [1.82, 2.24) is 0 Å². The molecule has 84 valence electrons. The highest BCUT2D eigenvalue weighted by atomic mass is 79.9. The van der Waals surface area contributed by atoms with Crippen LogP contribution in [0.15, 0.2) is 16.6 Å². The van der Waals surface area contributed by atoms with Crippen molar-refractivity contribution in [2.24, 2.45) is 0 Å². The molecule has 0 aromatic heterocycles. The molecule has 0 bridgehead atoms. The maximum Gasteiger partial charge on any atom is 0.418 e. The Hall–Kier alpha value is -0.850. The highest BCUT2D eigenvalue weighted by molar-refractivity contribution is 9.10. The maximum atomic E-state index is 12.3. The lowest BCUT2D eigenvalue weighted by Crippen LogP contribution is -2.11. The van der Waals surface area contributed by atoms with E-state index in [1.54, 1.807) is 0 Å². The van der Waals surface area contributed by atoms with Gasteiger partial charge in [-0.05, 0) is 12.1 Å². The molecule has 1 aromatic carbocycles. The molecular formula is C8H5BrF5N. The van der Waals surface area contributed by atoms with Gasteiger partial charge in [-0.1, -0.05) is 15.9 Å². The van der Waals surface area contributed by atoms with Gasteiger partial charge in [0, 0.05) is 10.0 Å². The van der Waals surface area contributed by atoms with Crippen LogP contribution in [0.3, 0.4) is 0 Å². The van der Waals surface area contributed by atoms with Crippen LogP contribution in [0.5, 0.6) is 0 Å². The van der Waals surface area contributed by atoms with E-state index in [1.807, 2.05) is 0 Å². The molecule has 0 aliphatic rings. The average molecular weight is 290 g/mol. The second-order valence-electron chi connectivity index (χ2n) is 2.75. The van der Waals surface area contributed by atoms with Crippen molar-refractivity contribution in [2.75, 3.05) is 5.73 Å². The van der Waals surface area contributed by atoms with Crippen LogP contribution in [0, 0.1) is 0 Å². The lowest BCUT2D eigenvalue weighted by atomic mass is 10.1. The Morgan fingerprint density at radius 3 is 2.13 bits per heavy atom. The molecule has 0 spiro atoms. The minimum Gasteiger partial charge on any atom is -0.398 e. The van der Waals surface area contributed by atoms with Crippen LogP contribution in [0.1, 0.15) is 17.6 Å². The van der Waals surface area contributed by atoms with Gasteiger partial charge in [0.1, 0.15) is 0 Å². The Kier molecular flexibility index (Phi) is 3.22. The summed E-state index contributed by atoms with van der Waals surface area (Å²) in [5.41, 5.74) is 2.01. The Morgan fingerprint density at radius 2 is 1.73 bits per heavy atom. The summed E-state index contributed by atoms with van der Waals surface area (Å²) in [5, 5.41) is 0. The second kappa shape index (κ2) is 3.96. The zero-order valence-electron chi connectivity index (χ0n) is 7.08. The Labute approximate surface area is 90.2 Å². The first-order chi connectivity index (χ1) is 6.73. The minimum atomic E-state index is -4.74. The van der Waals surface area contributed by atoms with E-state index in [9.17, 15) is 22.0 Å². The molecule has 0 saturated carbocycles. The lowest BCUT2D eigenvalue weighted by molar-refractivity contribution is -0.137. The molecule has 7 heteroatoms. The van der Waals surface area contributed by atoms with E-state index in [1.165, 1.54) is 0 Å². The minimum absolute atomic E-state index is 0.0840. The van der Waals surface area contributed by atoms with Crippen molar-refractivity contribution in [1.29, 1.82) is 0 Å².